The quantitative estimate of drug-likeness (QED) is 0.609. The second kappa shape index (κ2) is 6.60. The highest BCUT2D eigenvalue weighted by Gasteiger charge is 2.28. The first-order valence-electron chi connectivity index (χ1n) is 7.54. The minimum atomic E-state index is -3.89. The van der Waals surface area contributed by atoms with Gasteiger partial charge in [-0.05, 0) is 44.9 Å². The predicted octanol–water partition coefficient (Wildman–Crippen LogP) is 3.74. The maximum absolute atomic E-state index is 13.1. The van der Waals surface area contributed by atoms with Crippen molar-refractivity contribution in [3.8, 4) is 0 Å². The molecule has 2 aromatic carbocycles. The lowest BCUT2D eigenvalue weighted by molar-refractivity contribution is -0.385. The van der Waals surface area contributed by atoms with E-state index in [1.807, 2.05) is 32.0 Å². The molecule has 0 heterocycles. The number of anilines is 1. The Labute approximate surface area is 141 Å². The van der Waals surface area contributed by atoms with Crippen LogP contribution in [0.1, 0.15) is 23.6 Å². The van der Waals surface area contributed by atoms with Crippen LogP contribution in [0.2, 0.25) is 0 Å². The van der Waals surface area contributed by atoms with Crippen LogP contribution in [0.4, 0.5) is 11.4 Å². The molecule has 0 N–H and O–H groups in total. The summed E-state index contributed by atoms with van der Waals surface area (Å²) in [5.41, 5.74) is 2.51. The van der Waals surface area contributed by atoms with Crippen molar-refractivity contribution in [2.24, 2.45) is 0 Å². The third-order valence-electron chi connectivity index (χ3n) is 3.94. The molecule has 0 aliphatic rings. The van der Waals surface area contributed by atoms with E-state index in [0.717, 1.165) is 17.2 Å². The van der Waals surface area contributed by atoms with Crippen molar-refractivity contribution in [3.63, 3.8) is 0 Å². The van der Waals surface area contributed by atoms with Crippen LogP contribution in [-0.4, -0.2) is 19.9 Å². The first-order valence-corrected chi connectivity index (χ1v) is 8.98. The first kappa shape index (κ1) is 17.9. The highest BCUT2D eigenvalue weighted by molar-refractivity contribution is 7.92. The molecule has 0 aromatic heterocycles. The number of nitro groups is 1. The van der Waals surface area contributed by atoms with E-state index in [0.29, 0.717) is 11.3 Å². The number of nitro benzene ring substituents is 1. The molecule has 0 aliphatic carbocycles. The van der Waals surface area contributed by atoms with Gasteiger partial charge >= 0.3 is 0 Å². The minimum absolute atomic E-state index is 0.0793. The number of hydrogen-bond donors (Lipinski definition) is 0. The molecule has 0 saturated heterocycles. The van der Waals surface area contributed by atoms with E-state index in [-0.39, 0.29) is 17.1 Å². The van der Waals surface area contributed by atoms with Gasteiger partial charge in [0.25, 0.3) is 15.7 Å². The zero-order valence-electron chi connectivity index (χ0n) is 14.1. The summed E-state index contributed by atoms with van der Waals surface area (Å²) in [6.45, 7) is 7.25. The summed E-state index contributed by atoms with van der Waals surface area (Å²) in [4.78, 5) is 10.5. The fraction of sp³-hybridized carbons (Fsp3) is 0.294. The number of rotatable bonds is 5. The molecule has 0 unspecified atom stereocenters. The molecule has 0 spiro atoms. The van der Waals surface area contributed by atoms with Crippen LogP contribution in [-0.2, 0) is 10.0 Å². The summed E-state index contributed by atoms with van der Waals surface area (Å²) in [7, 11) is -3.89. The fourth-order valence-corrected chi connectivity index (χ4v) is 4.34. The van der Waals surface area contributed by atoms with Crippen molar-refractivity contribution in [1.29, 1.82) is 0 Å². The third kappa shape index (κ3) is 3.12. The topological polar surface area (TPSA) is 80.5 Å². The average molecular weight is 348 g/mol. The Morgan fingerprint density at radius 1 is 1.04 bits per heavy atom. The van der Waals surface area contributed by atoms with Crippen LogP contribution in [0.25, 0.3) is 0 Å². The highest BCUT2D eigenvalue weighted by Crippen LogP contribution is 2.31. The van der Waals surface area contributed by atoms with Gasteiger partial charge in [0, 0.05) is 18.2 Å². The van der Waals surface area contributed by atoms with Crippen molar-refractivity contribution >= 4 is 21.4 Å². The molecule has 0 radical (unpaired) electrons. The van der Waals surface area contributed by atoms with Gasteiger partial charge in [-0.3, -0.25) is 14.4 Å². The Morgan fingerprint density at radius 3 is 2.12 bits per heavy atom. The molecule has 2 rings (SSSR count). The van der Waals surface area contributed by atoms with Gasteiger partial charge in [0.2, 0.25) is 0 Å². The van der Waals surface area contributed by atoms with E-state index in [9.17, 15) is 18.5 Å². The molecule has 0 atom stereocenters. The van der Waals surface area contributed by atoms with E-state index in [1.54, 1.807) is 13.8 Å². The number of sulfonamides is 1. The molecule has 0 bridgehead atoms. The SMILES string of the molecule is CCN(c1c(C)cccc1C)S(=O)(=O)c1ccc(C)c([N+](=O)[O-])c1. The van der Waals surface area contributed by atoms with Crippen LogP contribution < -0.4 is 4.31 Å². The molecule has 0 fully saturated rings. The molecular weight excluding hydrogens is 328 g/mol. The maximum atomic E-state index is 13.1. The van der Waals surface area contributed by atoms with Crippen LogP contribution >= 0.6 is 0 Å². The van der Waals surface area contributed by atoms with Crippen molar-refractivity contribution in [2.75, 3.05) is 10.8 Å². The van der Waals surface area contributed by atoms with E-state index in [1.165, 1.54) is 16.4 Å². The standard InChI is InChI=1S/C17H20N2O4S/c1-5-18(17-13(3)7-6-8-14(17)4)24(22,23)15-10-9-12(2)16(11-15)19(20)21/h6-11H,5H2,1-4H3. The number of para-hydroxylation sites is 1. The summed E-state index contributed by atoms with van der Waals surface area (Å²) in [5.74, 6) is 0. The Hall–Kier alpha value is -2.41. The second-order valence-corrected chi connectivity index (χ2v) is 7.48. The molecule has 6 nitrogen and oxygen atoms in total. The average Bonchev–Trinajstić information content (AvgIpc) is 2.50. The Bertz CT molecular complexity index is 871. The van der Waals surface area contributed by atoms with Gasteiger partial charge in [0.05, 0.1) is 15.5 Å². The Balaban J connectivity index is 2.64. The minimum Gasteiger partial charge on any atom is -0.266 e. The zero-order valence-corrected chi connectivity index (χ0v) is 14.9. The van der Waals surface area contributed by atoms with E-state index < -0.39 is 14.9 Å². The van der Waals surface area contributed by atoms with Gasteiger partial charge < -0.3 is 0 Å². The van der Waals surface area contributed by atoms with Crippen LogP contribution in [0.15, 0.2) is 41.3 Å². The summed E-state index contributed by atoms with van der Waals surface area (Å²) >= 11 is 0. The van der Waals surface area contributed by atoms with Crippen molar-refractivity contribution in [1.82, 2.24) is 0 Å². The molecule has 0 aliphatic heterocycles. The maximum Gasteiger partial charge on any atom is 0.273 e. The van der Waals surface area contributed by atoms with Gasteiger partial charge in [-0.25, -0.2) is 8.42 Å². The largest absolute Gasteiger partial charge is 0.273 e. The van der Waals surface area contributed by atoms with Crippen LogP contribution in [0, 0.1) is 30.9 Å². The normalized spacial score (nSPS) is 11.3. The van der Waals surface area contributed by atoms with Gasteiger partial charge in [0.15, 0.2) is 0 Å². The predicted molar refractivity (Wildman–Crippen MR) is 94.0 cm³/mol. The Morgan fingerprint density at radius 2 is 1.62 bits per heavy atom. The molecule has 2 aromatic rings. The number of aryl methyl sites for hydroxylation is 3. The molecule has 128 valence electrons. The lowest BCUT2D eigenvalue weighted by atomic mass is 10.1. The Kier molecular flexibility index (Phi) is 4.94. The monoisotopic (exact) mass is 348 g/mol. The second-order valence-electron chi connectivity index (χ2n) is 5.62. The molecule has 7 heteroatoms. The van der Waals surface area contributed by atoms with Crippen molar-refractivity contribution in [3.05, 3.63) is 63.2 Å². The van der Waals surface area contributed by atoms with E-state index in [4.69, 9.17) is 0 Å². The van der Waals surface area contributed by atoms with Crippen LogP contribution in [0.3, 0.4) is 0 Å². The molecular formula is C17H20N2O4S. The van der Waals surface area contributed by atoms with E-state index in [2.05, 4.69) is 0 Å². The van der Waals surface area contributed by atoms with Gasteiger partial charge in [-0.1, -0.05) is 24.3 Å². The zero-order chi connectivity index (χ0) is 18.1. The summed E-state index contributed by atoms with van der Waals surface area (Å²) < 4.78 is 27.4. The van der Waals surface area contributed by atoms with Crippen molar-refractivity contribution < 1.29 is 13.3 Å². The molecule has 0 amide bonds. The molecule has 0 saturated carbocycles. The number of nitrogens with zero attached hydrogens (tertiary/aromatic N) is 2. The lowest BCUT2D eigenvalue weighted by Gasteiger charge is -2.26. The first-order chi connectivity index (χ1) is 11.2. The summed E-state index contributed by atoms with van der Waals surface area (Å²) in [6.07, 6.45) is 0. The third-order valence-corrected chi connectivity index (χ3v) is 5.81. The lowest BCUT2D eigenvalue weighted by Crippen LogP contribution is -2.32. The highest BCUT2D eigenvalue weighted by atomic mass is 32.2. The summed E-state index contributed by atoms with van der Waals surface area (Å²) in [6, 6.07) is 9.56. The number of hydrogen-bond acceptors (Lipinski definition) is 4. The number of benzene rings is 2. The van der Waals surface area contributed by atoms with Gasteiger partial charge in [0.1, 0.15) is 0 Å². The van der Waals surface area contributed by atoms with Crippen LogP contribution in [0.5, 0.6) is 0 Å². The molecule has 24 heavy (non-hydrogen) atoms. The fourth-order valence-electron chi connectivity index (χ4n) is 2.72. The van der Waals surface area contributed by atoms with Gasteiger partial charge in [-0.2, -0.15) is 0 Å². The van der Waals surface area contributed by atoms with Crippen molar-refractivity contribution in [2.45, 2.75) is 32.6 Å². The van der Waals surface area contributed by atoms with E-state index >= 15 is 0 Å². The summed E-state index contributed by atoms with van der Waals surface area (Å²) in [5, 5.41) is 11.1. The smallest absolute Gasteiger partial charge is 0.266 e. The van der Waals surface area contributed by atoms with Gasteiger partial charge in [-0.15, -0.1) is 0 Å².